The van der Waals surface area contributed by atoms with Gasteiger partial charge in [0.25, 0.3) is 0 Å². The van der Waals surface area contributed by atoms with Crippen molar-refractivity contribution >= 4 is 44.5 Å². The molecule has 3 rings (SSSR count). The first-order valence-corrected chi connectivity index (χ1v) is 12.5. The lowest BCUT2D eigenvalue weighted by molar-refractivity contribution is 0.581. The van der Waals surface area contributed by atoms with Crippen molar-refractivity contribution in [3.8, 4) is 10.6 Å². The van der Waals surface area contributed by atoms with E-state index in [0.29, 0.717) is 4.90 Å². The molecule has 0 amide bonds. The maximum absolute atomic E-state index is 12.7. The van der Waals surface area contributed by atoms with Crippen molar-refractivity contribution in [2.75, 3.05) is 6.26 Å². The number of nitrogens with one attached hydrogen (secondary N) is 1. The van der Waals surface area contributed by atoms with Gasteiger partial charge in [-0.2, -0.15) is 0 Å². The lowest BCUT2D eigenvalue weighted by atomic mass is 10.2. The molecule has 0 saturated heterocycles. The summed E-state index contributed by atoms with van der Waals surface area (Å²) in [5.41, 5.74) is 1.79. The molecule has 138 valence electrons. The molecular formula is C18H20N2O2S4. The van der Waals surface area contributed by atoms with Crippen LogP contribution in [0.15, 0.2) is 45.5 Å². The number of nitrogens with zero attached hydrogens (tertiary/aromatic N) is 1. The molecular weight excluding hydrogens is 404 g/mol. The zero-order chi connectivity index (χ0) is 18.7. The summed E-state index contributed by atoms with van der Waals surface area (Å²) in [5.74, 6) is 0. The van der Waals surface area contributed by atoms with Gasteiger partial charge >= 0.3 is 0 Å². The first-order chi connectivity index (χ1) is 12.4. The smallest absolute Gasteiger partial charge is 0.240 e. The molecule has 4 nitrogen and oxygen atoms in total. The van der Waals surface area contributed by atoms with Crippen LogP contribution in [0.25, 0.3) is 10.6 Å². The molecule has 0 saturated carbocycles. The van der Waals surface area contributed by atoms with Gasteiger partial charge in [0, 0.05) is 21.7 Å². The Morgan fingerprint density at radius 1 is 1.23 bits per heavy atom. The van der Waals surface area contributed by atoms with Gasteiger partial charge in [0.15, 0.2) is 0 Å². The predicted molar refractivity (Wildman–Crippen MR) is 112 cm³/mol. The second-order valence-electron chi connectivity index (χ2n) is 5.68. The second kappa shape index (κ2) is 8.22. The van der Waals surface area contributed by atoms with E-state index in [9.17, 15) is 8.42 Å². The van der Waals surface area contributed by atoms with Crippen molar-refractivity contribution in [1.29, 1.82) is 0 Å². The van der Waals surface area contributed by atoms with E-state index in [4.69, 9.17) is 0 Å². The van der Waals surface area contributed by atoms with Crippen LogP contribution in [-0.4, -0.2) is 19.7 Å². The number of hydrogen-bond donors (Lipinski definition) is 1. The number of aromatic nitrogens is 1. The average Bonchev–Trinajstić information content (AvgIpc) is 3.27. The molecule has 0 unspecified atom stereocenters. The number of sulfonamides is 1. The molecule has 0 aliphatic carbocycles. The van der Waals surface area contributed by atoms with E-state index in [0.717, 1.165) is 37.3 Å². The first kappa shape index (κ1) is 19.6. The van der Waals surface area contributed by atoms with E-state index in [2.05, 4.69) is 16.6 Å². The number of rotatable bonds is 7. The summed E-state index contributed by atoms with van der Waals surface area (Å²) in [6.45, 7) is 4.18. The van der Waals surface area contributed by atoms with E-state index >= 15 is 0 Å². The Labute approximate surface area is 166 Å². The Morgan fingerprint density at radius 3 is 2.58 bits per heavy atom. The minimum atomic E-state index is -3.56. The molecule has 3 aromatic rings. The summed E-state index contributed by atoms with van der Waals surface area (Å²) in [4.78, 5) is 7.72. The molecule has 2 aromatic heterocycles. The summed E-state index contributed by atoms with van der Waals surface area (Å²) >= 11 is 4.73. The van der Waals surface area contributed by atoms with Crippen LogP contribution in [0.4, 0.5) is 0 Å². The van der Waals surface area contributed by atoms with Gasteiger partial charge in [-0.25, -0.2) is 18.1 Å². The molecule has 26 heavy (non-hydrogen) atoms. The van der Waals surface area contributed by atoms with Crippen molar-refractivity contribution in [3.05, 3.63) is 51.2 Å². The van der Waals surface area contributed by atoms with Gasteiger partial charge < -0.3 is 0 Å². The Morgan fingerprint density at radius 2 is 1.96 bits per heavy atom. The van der Waals surface area contributed by atoms with Gasteiger partial charge in [0.2, 0.25) is 10.0 Å². The maximum Gasteiger partial charge on any atom is 0.241 e. The van der Waals surface area contributed by atoms with Crippen LogP contribution in [0.5, 0.6) is 0 Å². The highest BCUT2D eigenvalue weighted by Crippen LogP contribution is 2.34. The second-order valence-corrected chi connectivity index (χ2v) is 10.5. The van der Waals surface area contributed by atoms with Gasteiger partial charge in [-0.3, -0.25) is 0 Å². The summed E-state index contributed by atoms with van der Waals surface area (Å²) in [5, 5.41) is 3.04. The number of thiazole rings is 1. The first-order valence-electron chi connectivity index (χ1n) is 8.10. The standard InChI is InChI=1S/C18H20N2O2S4/c1-4-18-20-15(11-24-18)16-9-17(12(2)25-16)26(21,22)19-10-13-5-7-14(23-3)8-6-13/h5-9,11,19H,4,10H2,1-3H3. The summed E-state index contributed by atoms with van der Waals surface area (Å²) < 4.78 is 28.2. The summed E-state index contributed by atoms with van der Waals surface area (Å²) in [6.07, 6.45) is 2.90. The largest absolute Gasteiger partial charge is 0.241 e. The van der Waals surface area contributed by atoms with Crippen LogP contribution >= 0.6 is 34.4 Å². The van der Waals surface area contributed by atoms with Crippen molar-refractivity contribution in [2.24, 2.45) is 0 Å². The number of thioether (sulfide) groups is 1. The molecule has 1 N–H and O–H groups in total. The highest BCUT2D eigenvalue weighted by Gasteiger charge is 2.21. The molecule has 0 bridgehead atoms. The minimum Gasteiger partial charge on any atom is -0.240 e. The minimum absolute atomic E-state index is 0.276. The fraction of sp³-hybridized carbons (Fsp3) is 0.278. The lowest BCUT2D eigenvalue weighted by Gasteiger charge is -2.07. The summed E-state index contributed by atoms with van der Waals surface area (Å²) in [7, 11) is -3.56. The molecule has 0 fully saturated rings. The maximum atomic E-state index is 12.7. The quantitative estimate of drug-likeness (QED) is 0.546. The van der Waals surface area contributed by atoms with E-state index in [1.54, 1.807) is 29.2 Å². The zero-order valence-electron chi connectivity index (χ0n) is 14.8. The van der Waals surface area contributed by atoms with Crippen LogP contribution in [0.2, 0.25) is 0 Å². The third kappa shape index (κ3) is 4.37. The number of aryl methyl sites for hydroxylation is 2. The molecule has 2 heterocycles. The molecule has 0 aliphatic heterocycles. The van der Waals surface area contributed by atoms with Crippen molar-refractivity contribution in [2.45, 2.75) is 36.6 Å². The normalized spacial score (nSPS) is 11.8. The van der Waals surface area contributed by atoms with Crippen LogP contribution in [0.1, 0.15) is 22.4 Å². The Hall–Kier alpha value is -1.19. The van der Waals surface area contributed by atoms with Crippen LogP contribution in [0.3, 0.4) is 0 Å². The van der Waals surface area contributed by atoms with Crippen molar-refractivity contribution in [1.82, 2.24) is 9.71 Å². The van der Waals surface area contributed by atoms with E-state index in [1.165, 1.54) is 11.3 Å². The highest BCUT2D eigenvalue weighted by atomic mass is 32.2. The molecule has 0 atom stereocenters. The number of thiophene rings is 1. The SMILES string of the molecule is CCc1nc(-c2cc(S(=O)(=O)NCc3ccc(SC)cc3)c(C)s2)cs1. The number of benzene rings is 1. The highest BCUT2D eigenvalue weighted by molar-refractivity contribution is 7.98. The van der Waals surface area contributed by atoms with E-state index in [-0.39, 0.29) is 6.54 Å². The van der Waals surface area contributed by atoms with Gasteiger partial charge in [-0.05, 0) is 43.4 Å². The Kier molecular flexibility index (Phi) is 6.19. The summed E-state index contributed by atoms with van der Waals surface area (Å²) in [6, 6.07) is 9.61. The lowest BCUT2D eigenvalue weighted by Crippen LogP contribution is -2.23. The van der Waals surface area contributed by atoms with Gasteiger partial charge in [0.1, 0.15) is 0 Å². The van der Waals surface area contributed by atoms with Crippen molar-refractivity contribution < 1.29 is 8.42 Å². The molecule has 0 spiro atoms. The molecule has 0 aliphatic rings. The molecule has 8 heteroatoms. The fourth-order valence-electron chi connectivity index (χ4n) is 2.44. The van der Waals surface area contributed by atoms with Crippen LogP contribution in [-0.2, 0) is 23.0 Å². The zero-order valence-corrected chi connectivity index (χ0v) is 18.0. The Balaban J connectivity index is 1.78. The van der Waals surface area contributed by atoms with Crippen LogP contribution in [0, 0.1) is 6.92 Å². The number of hydrogen-bond acceptors (Lipinski definition) is 6. The monoisotopic (exact) mass is 424 g/mol. The van der Waals surface area contributed by atoms with Crippen LogP contribution < -0.4 is 4.72 Å². The molecule has 0 radical (unpaired) electrons. The predicted octanol–water partition coefficient (Wildman–Crippen LogP) is 4.94. The average molecular weight is 425 g/mol. The topological polar surface area (TPSA) is 59.1 Å². The van der Waals surface area contributed by atoms with E-state index < -0.39 is 10.0 Å². The Bertz CT molecular complexity index is 989. The van der Waals surface area contributed by atoms with Gasteiger partial charge in [-0.1, -0.05) is 19.1 Å². The third-order valence-corrected chi connectivity index (χ3v) is 8.36. The van der Waals surface area contributed by atoms with Gasteiger partial charge in [0.05, 0.1) is 20.5 Å². The fourth-order valence-corrected chi connectivity index (χ4v) is 6.24. The van der Waals surface area contributed by atoms with Crippen molar-refractivity contribution in [3.63, 3.8) is 0 Å². The molecule has 1 aromatic carbocycles. The van der Waals surface area contributed by atoms with Gasteiger partial charge in [-0.15, -0.1) is 34.4 Å². The van der Waals surface area contributed by atoms with E-state index in [1.807, 2.05) is 42.8 Å². The third-order valence-electron chi connectivity index (χ3n) is 3.89.